The third-order valence-electron chi connectivity index (χ3n) is 7.21. The lowest BCUT2D eigenvalue weighted by Gasteiger charge is -2.35. The van der Waals surface area contributed by atoms with Gasteiger partial charge in [0, 0.05) is 25.5 Å². The van der Waals surface area contributed by atoms with E-state index in [4.69, 9.17) is 9.39 Å². The first-order valence-electron chi connectivity index (χ1n) is 12.4. The maximum absolute atomic E-state index is 13.6. The third kappa shape index (κ3) is 6.23. The van der Waals surface area contributed by atoms with E-state index in [9.17, 15) is 24.5 Å². The van der Waals surface area contributed by atoms with Gasteiger partial charge in [0.25, 0.3) is 0 Å². The zero-order valence-corrected chi connectivity index (χ0v) is 21.0. The number of nitrogens with one attached hydrogen (secondary N) is 2. The van der Waals surface area contributed by atoms with Gasteiger partial charge >= 0.3 is 13.2 Å². The van der Waals surface area contributed by atoms with Crippen LogP contribution in [0.4, 0.5) is 4.79 Å². The van der Waals surface area contributed by atoms with Crippen LogP contribution in [0.15, 0.2) is 0 Å². The quantitative estimate of drug-likeness (QED) is 0.413. The van der Waals surface area contributed by atoms with Crippen molar-refractivity contribution < 1.29 is 33.9 Å². The maximum Gasteiger partial charge on any atom is 0.478 e. The molecule has 3 amide bonds. The highest BCUT2D eigenvalue weighted by molar-refractivity contribution is 6.46. The molecule has 1 saturated carbocycles. The van der Waals surface area contributed by atoms with Crippen LogP contribution in [0.2, 0.25) is 0 Å². The van der Waals surface area contributed by atoms with Gasteiger partial charge in [-0.3, -0.25) is 9.59 Å². The Labute approximate surface area is 202 Å². The number of hydrogen-bond donors (Lipinski definition) is 4. The summed E-state index contributed by atoms with van der Waals surface area (Å²) in [6.07, 6.45) is 2.09. The van der Waals surface area contributed by atoms with Crippen molar-refractivity contribution in [3.05, 3.63) is 0 Å². The fourth-order valence-electron chi connectivity index (χ4n) is 5.10. The Morgan fingerprint density at radius 2 is 1.82 bits per heavy atom. The monoisotopic (exact) mass is 481 g/mol. The summed E-state index contributed by atoms with van der Waals surface area (Å²) in [6.45, 7) is 9.78. The summed E-state index contributed by atoms with van der Waals surface area (Å²) in [6, 6.07) is -1.86. The molecule has 0 bridgehead atoms. The van der Waals surface area contributed by atoms with Crippen LogP contribution in [0.5, 0.6) is 0 Å². The number of alkyl carbamates (subject to hydrolysis) is 1. The van der Waals surface area contributed by atoms with Gasteiger partial charge in [-0.1, -0.05) is 34.6 Å². The van der Waals surface area contributed by atoms with E-state index in [0.717, 1.165) is 25.7 Å². The number of nitrogens with zero attached hydrogens (tertiary/aromatic N) is 1. The number of ether oxygens (including phenoxy) is 1. The number of aliphatic hydroxyl groups is 1. The van der Waals surface area contributed by atoms with Gasteiger partial charge in [-0.05, 0) is 37.0 Å². The molecule has 3 aliphatic rings. The average Bonchev–Trinajstić information content (AvgIpc) is 3.46. The van der Waals surface area contributed by atoms with Crippen molar-refractivity contribution in [3.8, 4) is 0 Å². The number of amides is 3. The minimum atomic E-state index is -1.12. The van der Waals surface area contributed by atoms with Gasteiger partial charge in [-0.25, -0.2) is 4.79 Å². The average molecular weight is 481 g/mol. The van der Waals surface area contributed by atoms with Crippen LogP contribution in [-0.4, -0.2) is 83.4 Å². The van der Waals surface area contributed by atoms with Gasteiger partial charge in [0.1, 0.15) is 18.2 Å². The second-order valence-electron chi connectivity index (χ2n) is 11.3. The topological polar surface area (TPSA) is 137 Å². The molecule has 0 aromatic rings. The Hall–Kier alpha value is -1.85. The van der Waals surface area contributed by atoms with Crippen LogP contribution in [0.1, 0.15) is 66.7 Å². The highest BCUT2D eigenvalue weighted by Gasteiger charge is 2.48. The zero-order valence-electron chi connectivity index (χ0n) is 21.0. The number of likely N-dealkylation sites (tertiary alicyclic amines) is 1. The standard InChI is InChI=1S/C23H40BN3O7/c1-13(2)16-12-33-24(32)19(16)26-20(29)17-10-14(28)11-27(17)21(30)18(23(3,4)5)25-22(31)34-15-8-6-7-9-15/h13-19,28,32H,6-12H2,1-5H3,(H,25,31)(H,26,29)/t14-,16?,17+,18-,19?/m1/s1. The molecule has 2 saturated heterocycles. The lowest BCUT2D eigenvalue weighted by Crippen LogP contribution is -2.59. The molecule has 0 spiro atoms. The van der Waals surface area contributed by atoms with Gasteiger partial charge < -0.3 is 35.1 Å². The fraction of sp³-hybridized carbons (Fsp3) is 0.870. The molecule has 0 radical (unpaired) electrons. The second-order valence-corrected chi connectivity index (χ2v) is 11.3. The molecule has 3 fully saturated rings. The maximum atomic E-state index is 13.6. The van der Waals surface area contributed by atoms with Gasteiger partial charge in [0.15, 0.2) is 0 Å². The van der Waals surface area contributed by atoms with E-state index in [1.807, 2.05) is 34.6 Å². The number of β-amino-alcohol motifs (C(OH)–C–C–N with tert-alkyl or cyclic N) is 1. The minimum Gasteiger partial charge on any atom is -0.446 e. The number of aliphatic hydroxyl groups excluding tert-OH is 1. The van der Waals surface area contributed by atoms with Crippen LogP contribution < -0.4 is 10.6 Å². The smallest absolute Gasteiger partial charge is 0.446 e. The summed E-state index contributed by atoms with van der Waals surface area (Å²) in [4.78, 5) is 40.7. The van der Waals surface area contributed by atoms with E-state index in [1.165, 1.54) is 4.90 Å². The first-order valence-corrected chi connectivity index (χ1v) is 12.4. The largest absolute Gasteiger partial charge is 0.478 e. The summed E-state index contributed by atoms with van der Waals surface area (Å²) in [7, 11) is -1.12. The molecule has 0 aromatic heterocycles. The first kappa shape index (κ1) is 26.8. The van der Waals surface area contributed by atoms with E-state index in [2.05, 4.69) is 10.6 Å². The van der Waals surface area contributed by atoms with Crippen molar-refractivity contribution in [3.63, 3.8) is 0 Å². The molecule has 2 aliphatic heterocycles. The van der Waals surface area contributed by atoms with Crippen molar-refractivity contribution in [2.45, 2.75) is 97.0 Å². The summed E-state index contributed by atoms with van der Waals surface area (Å²) < 4.78 is 10.8. The molecule has 2 heterocycles. The van der Waals surface area contributed by atoms with Crippen molar-refractivity contribution in [1.82, 2.24) is 15.5 Å². The predicted octanol–water partition coefficient (Wildman–Crippen LogP) is 0.839. The number of carbonyl (C=O) groups is 3. The molecular formula is C23H40BN3O7. The molecule has 10 nitrogen and oxygen atoms in total. The van der Waals surface area contributed by atoms with Crippen molar-refractivity contribution in [2.75, 3.05) is 13.2 Å². The molecule has 2 unspecified atom stereocenters. The fourth-order valence-corrected chi connectivity index (χ4v) is 5.10. The van der Waals surface area contributed by atoms with Gasteiger partial charge in [0.2, 0.25) is 11.8 Å². The second kappa shape index (κ2) is 10.8. The molecule has 192 valence electrons. The Bertz CT molecular complexity index is 753. The number of hydrogen-bond acceptors (Lipinski definition) is 7. The number of carbonyl (C=O) groups excluding carboxylic acids is 3. The van der Waals surface area contributed by atoms with E-state index >= 15 is 0 Å². The van der Waals surface area contributed by atoms with E-state index in [1.54, 1.807) is 0 Å². The molecule has 4 N–H and O–H groups in total. The van der Waals surface area contributed by atoms with Gasteiger partial charge in [-0.15, -0.1) is 0 Å². The molecule has 34 heavy (non-hydrogen) atoms. The SMILES string of the molecule is CC(C)C1COB(O)C1NC(=O)[C@@H]1C[C@@H](O)CN1C(=O)[C@@H](NC(=O)OC1CCCC1)C(C)(C)C. The van der Waals surface area contributed by atoms with Crippen molar-refractivity contribution >= 4 is 25.0 Å². The lowest BCUT2D eigenvalue weighted by molar-refractivity contribution is -0.142. The lowest BCUT2D eigenvalue weighted by atomic mass is 9.71. The van der Waals surface area contributed by atoms with Crippen LogP contribution >= 0.6 is 0 Å². The molecule has 5 atom stereocenters. The highest BCUT2D eigenvalue weighted by atomic mass is 16.6. The number of rotatable bonds is 6. The molecule has 1 aliphatic carbocycles. The summed E-state index contributed by atoms with van der Waals surface area (Å²) in [5, 5.41) is 26.1. The molecule has 3 rings (SSSR count). The van der Waals surface area contributed by atoms with Crippen LogP contribution in [0, 0.1) is 17.3 Å². The Balaban J connectivity index is 1.71. The minimum absolute atomic E-state index is 0.0137. The molecular weight excluding hydrogens is 441 g/mol. The normalized spacial score (nSPS) is 28.9. The summed E-state index contributed by atoms with van der Waals surface area (Å²) >= 11 is 0. The van der Waals surface area contributed by atoms with Crippen molar-refractivity contribution in [1.29, 1.82) is 0 Å². The summed E-state index contributed by atoms with van der Waals surface area (Å²) in [5.74, 6) is -1.39. The zero-order chi connectivity index (χ0) is 25.2. The summed E-state index contributed by atoms with van der Waals surface area (Å²) in [5.41, 5.74) is -0.654. The van der Waals surface area contributed by atoms with Crippen LogP contribution in [-0.2, 0) is 19.0 Å². The molecule has 0 aromatic carbocycles. The van der Waals surface area contributed by atoms with Crippen molar-refractivity contribution in [2.24, 2.45) is 17.3 Å². The highest BCUT2D eigenvalue weighted by Crippen LogP contribution is 2.28. The van der Waals surface area contributed by atoms with Crippen LogP contribution in [0.3, 0.4) is 0 Å². The third-order valence-corrected chi connectivity index (χ3v) is 7.21. The Morgan fingerprint density at radius 3 is 2.41 bits per heavy atom. The van der Waals surface area contributed by atoms with Gasteiger partial charge in [0.05, 0.1) is 12.0 Å². The first-order chi connectivity index (χ1) is 15.9. The van der Waals surface area contributed by atoms with E-state index < -0.39 is 54.6 Å². The molecule has 11 heteroatoms. The van der Waals surface area contributed by atoms with Crippen LogP contribution in [0.25, 0.3) is 0 Å². The Morgan fingerprint density at radius 1 is 1.18 bits per heavy atom. The van der Waals surface area contributed by atoms with E-state index in [0.29, 0.717) is 6.61 Å². The van der Waals surface area contributed by atoms with E-state index in [-0.39, 0.29) is 30.9 Å². The van der Waals surface area contributed by atoms with Gasteiger partial charge in [-0.2, -0.15) is 0 Å². The Kier molecular flexibility index (Phi) is 8.52. The predicted molar refractivity (Wildman–Crippen MR) is 125 cm³/mol.